The van der Waals surface area contributed by atoms with E-state index in [2.05, 4.69) is 0 Å². The van der Waals surface area contributed by atoms with E-state index < -0.39 is 17.0 Å². The van der Waals surface area contributed by atoms with E-state index in [1.54, 1.807) is 0 Å². The highest BCUT2D eigenvalue weighted by Crippen LogP contribution is 2.27. The van der Waals surface area contributed by atoms with Crippen molar-refractivity contribution in [2.24, 2.45) is 0 Å². The Kier molecular flexibility index (Phi) is 2.77. The molecule has 0 saturated carbocycles. The minimum absolute atomic E-state index is 0.126. The van der Waals surface area contributed by atoms with E-state index in [0.717, 1.165) is 13.0 Å². The fourth-order valence-corrected chi connectivity index (χ4v) is 1.29. The lowest BCUT2D eigenvalue weighted by atomic mass is 10.1. The third kappa shape index (κ3) is 2.57. The van der Waals surface area contributed by atoms with Crippen molar-refractivity contribution >= 4 is 11.1 Å². The Balaban J connectivity index is 3.13. The maximum absolute atomic E-state index is 12.7. The molecule has 72 valence electrons. The van der Waals surface area contributed by atoms with Crippen LogP contribution in [0.1, 0.15) is 12.5 Å². The first kappa shape index (κ1) is 10.3. The van der Waals surface area contributed by atoms with Crippen molar-refractivity contribution < 1.29 is 17.5 Å². The van der Waals surface area contributed by atoms with E-state index in [-0.39, 0.29) is 10.5 Å². The molecule has 0 aliphatic rings. The van der Waals surface area contributed by atoms with Crippen LogP contribution in [0.4, 0.5) is 8.78 Å². The Bertz CT molecular complexity index is 333. The van der Waals surface area contributed by atoms with Crippen LogP contribution < -0.4 is 0 Å². The van der Waals surface area contributed by atoms with Crippen LogP contribution in [0.3, 0.4) is 0 Å². The lowest BCUT2D eigenvalue weighted by Gasteiger charge is -2.12. The molecule has 1 atom stereocenters. The van der Waals surface area contributed by atoms with Crippen LogP contribution in [-0.4, -0.2) is 8.76 Å². The average Bonchev–Trinajstić information content (AvgIpc) is 2.03. The molecule has 0 amide bonds. The SMILES string of the molecule is CC(F)(F)c1cccc(S(=O)[O-])c1. The van der Waals surface area contributed by atoms with Crippen molar-refractivity contribution in [1.82, 2.24) is 0 Å². The van der Waals surface area contributed by atoms with Crippen molar-refractivity contribution in [1.29, 1.82) is 0 Å². The third-order valence-corrected chi connectivity index (χ3v) is 2.17. The second-order valence-corrected chi connectivity index (χ2v) is 3.59. The predicted octanol–water partition coefficient (Wildman–Crippen LogP) is 2.04. The minimum atomic E-state index is -3.00. The first-order chi connectivity index (χ1) is 5.91. The van der Waals surface area contributed by atoms with Gasteiger partial charge < -0.3 is 4.55 Å². The monoisotopic (exact) mass is 205 g/mol. The molecule has 1 aromatic carbocycles. The quantitative estimate of drug-likeness (QED) is 0.693. The van der Waals surface area contributed by atoms with Crippen molar-refractivity contribution in [2.75, 3.05) is 0 Å². The second kappa shape index (κ2) is 3.51. The highest BCUT2D eigenvalue weighted by atomic mass is 32.2. The molecule has 1 rings (SSSR count). The van der Waals surface area contributed by atoms with Crippen molar-refractivity contribution in [3.05, 3.63) is 29.8 Å². The highest BCUT2D eigenvalue weighted by molar-refractivity contribution is 7.79. The third-order valence-electron chi connectivity index (χ3n) is 1.53. The number of alkyl halides is 2. The topological polar surface area (TPSA) is 40.1 Å². The molecule has 0 heterocycles. The van der Waals surface area contributed by atoms with E-state index in [1.165, 1.54) is 18.2 Å². The van der Waals surface area contributed by atoms with Gasteiger partial charge in [0.2, 0.25) is 0 Å². The number of benzene rings is 1. The summed E-state index contributed by atoms with van der Waals surface area (Å²) in [6.07, 6.45) is 0. The van der Waals surface area contributed by atoms with Crippen LogP contribution in [0.5, 0.6) is 0 Å². The van der Waals surface area contributed by atoms with Gasteiger partial charge in [-0.25, -0.2) is 8.78 Å². The van der Waals surface area contributed by atoms with Crippen LogP contribution in [0, 0.1) is 0 Å². The Morgan fingerprint density at radius 2 is 2.08 bits per heavy atom. The van der Waals surface area contributed by atoms with Crippen LogP contribution >= 0.6 is 0 Å². The number of halogens is 2. The van der Waals surface area contributed by atoms with Crippen LogP contribution in [0.2, 0.25) is 0 Å². The summed E-state index contributed by atoms with van der Waals surface area (Å²) in [5.74, 6) is -3.00. The van der Waals surface area contributed by atoms with Gasteiger partial charge in [-0.2, -0.15) is 0 Å². The molecule has 5 heteroatoms. The summed E-state index contributed by atoms with van der Waals surface area (Å²) >= 11 is -2.46. The largest absolute Gasteiger partial charge is 0.768 e. The van der Waals surface area contributed by atoms with Gasteiger partial charge >= 0.3 is 0 Å². The summed E-state index contributed by atoms with van der Waals surface area (Å²) in [5.41, 5.74) is -0.297. The maximum atomic E-state index is 12.7. The van der Waals surface area contributed by atoms with Gasteiger partial charge in [0.05, 0.1) is 0 Å². The Morgan fingerprint density at radius 1 is 1.46 bits per heavy atom. The summed E-state index contributed by atoms with van der Waals surface area (Å²) in [5, 5.41) is 0. The van der Waals surface area contributed by atoms with E-state index in [0.29, 0.717) is 0 Å². The first-order valence-corrected chi connectivity index (χ1v) is 4.56. The summed E-state index contributed by atoms with van der Waals surface area (Å²) in [6, 6.07) is 4.70. The fourth-order valence-electron chi connectivity index (χ4n) is 0.873. The van der Waals surface area contributed by atoms with Crippen LogP contribution in [-0.2, 0) is 17.0 Å². The molecule has 0 aliphatic heterocycles. The van der Waals surface area contributed by atoms with Gasteiger partial charge in [0.1, 0.15) is 0 Å². The molecule has 1 aromatic rings. The zero-order chi connectivity index (χ0) is 10.1. The maximum Gasteiger partial charge on any atom is 0.270 e. The number of rotatable bonds is 2. The van der Waals surface area contributed by atoms with E-state index in [4.69, 9.17) is 0 Å². The molecule has 0 fully saturated rings. The van der Waals surface area contributed by atoms with Crippen molar-refractivity contribution in [3.63, 3.8) is 0 Å². The van der Waals surface area contributed by atoms with Crippen LogP contribution in [0.15, 0.2) is 29.2 Å². The van der Waals surface area contributed by atoms with Crippen molar-refractivity contribution in [3.8, 4) is 0 Å². The average molecular weight is 205 g/mol. The van der Waals surface area contributed by atoms with E-state index >= 15 is 0 Å². The van der Waals surface area contributed by atoms with Gasteiger partial charge in [0.25, 0.3) is 5.92 Å². The standard InChI is InChI=1S/C8H8F2O2S/c1-8(9,10)6-3-2-4-7(5-6)13(11)12/h2-5H,1H3,(H,11,12)/p-1. The molecule has 0 bridgehead atoms. The van der Waals surface area contributed by atoms with Crippen molar-refractivity contribution in [2.45, 2.75) is 17.7 Å². The molecule has 13 heavy (non-hydrogen) atoms. The Labute approximate surface area is 76.9 Å². The van der Waals surface area contributed by atoms with Gasteiger partial charge in [-0.15, -0.1) is 0 Å². The first-order valence-electron chi connectivity index (χ1n) is 3.49. The molecule has 0 N–H and O–H groups in total. The van der Waals surface area contributed by atoms with Gasteiger partial charge in [-0.05, 0) is 23.2 Å². The lowest BCUT2D eigenvalue weighted by molar-refractivity contribution is 0.0172. The summed E-state index contributed by atoms with van der Waals surface area (Å²) in [6.45, 7) is 0.722. The second-order valence-electron chi connectivity index (χ2n) is 2.65. The van der Waals surface area contributed by atoms with Gasteiger partial charge in [0.15, 0.2) is 0 Å². The van der Waals surface area contributed by atoms with E-state index in [1.807, 2.05) is 0 Å². The number of hydrogen-bond acceptors (Lipinski definition) is 2. The molecular formula is C8H7F2O2S-. The minimum Gasteiger partial charge on any atom is -0.768 e. The molecular weight excluding hydrogens is 198 g/mol. The smallest absolute Gasteiger partial charge is 0.270 e. The molecule has 0 aliphatic carbocycles. The van der Waals surface area contributed by atoms with E-state index in [9.17, 15) is 17.5 Å². The normalized spacial score (nSPS) is 14.2. The summed E-state index contributed by atoms with van der Waals surface area (Å²) < 4.78 is 46.3. The molecule has 0 saturated heterocycles. The Morgan fingerprint density at radius 3 is 2.54 bits per heavy atom. The molecule has 0 radical (unpaired) electrons. The fraction of sp³-hybridized carbons (Fsp3) is 0.250. The summed E-state index contributed by atoms with van der Waals surface area (Å²) in [4.78, 5) is -0.126. The molecule has 2 nitrogen and oxygen atoms in total. The highest BCUT2D eigenvalue weighted by Gasteiger charge is 2.24. The zero-order valence-electron chi connectivity index (χ0n) is 6.79. The van der Waals surface area contributed by atoms with Gasteiger partial charge in [0, 0.05) is 17.4 Å². The predicted molar refractivity (Wildman–Crippen MR) is 43.2 cm³/mol. The summed E-state index contributed by atoms with van der Waals surface area (Å²) in [7, 11) is 0. The Hall–Kier alpha value is -0.810. The lowest BCUT2D eigenvalue weighted by Crippen LogP contribution is -2.07. The molecule has 0 spiro atoms. The molecule has 1 unspecified atom stereocenters. The van der Waals surface area contributed by atoms with Crippen LogP contribution in [0.25, 0.3) is 0 Å². The number of hydrogen-bond donors (Lipinski definition) is 0. The zero-order valence-corrected chi connectivity index (χ0v) is 7.61. The van der Waals surface area contributed by atoms with Gasteiger partial charge in [-0.3, -0.25) is 4.21 Å². The molecule has 0 aromatic heterocycles. The van der Waals surface area contributed by atoms with Gasteiger partial charge in [-0.1, -0.05) is 12.1 Å².